The predicted octanol–water partition coefficient (Wildman–Crippen LogP) is 4.02. The van der Waals surface area contributed by atoms with Gasteiger partial charge in [-0.25, -0.2) is 9.97 Å². The third-order valence-electron chi connectivity index (χ3n) is 8.56. The summed E-state index contributed by atoms with van der Waals surface area (Å²) in [5.41, 5.74) is 4.10. The number of hydrogen-bond acceptors (Lipinski definition) is 9. The van der Waals surface area contributed by atoms with Gasteiger partial charge in [-0.3, -0.25) is 4.79 Å². The van der Waals surface area contributed by atoms with E-state index in [4.69, 9.17) is 15.0 Å². The van der Waals surface area contributed by atoms with Crippen LogP contribution in [0.5, 0.6) is 0 Å². The van der Waals surface area contributed by atoms with Gasteiger partial charge in [-0.2, -0.15) is 9.97 Å². The Morgan fingerprint density at radius 3 is 2.28 bits per heavy atom. The number of amides is 1. The molecule has 4 atom stereocenters. The van der Waals surface area contributed by atoms with Crippen molar-refractivity contribution in [3.05, 3.63) is 96.3 Å². The zero-order chi connectivity index (χ0) is 32.2. The molecule has 0 bridgehead atoms. The van der Waals surface area contributed by atoms with Crippen LogP contribution in [0.4, 0.5) is 11.8 Å². The number of aliphatic hydroxyl groups is 2. The smallest absolute Gasteiger partial charge is 0.226 e. The highest BCUT2D eigenvalue weighted by Gasteiger charge is 2.43. The Kier molecular flexibility index (Phi) is 9.27. The molecule has 0 spiro atoms. The Bertz CT molecular complexity index is 1720. The zero-order valence-electron chi connectivity index (χ0n) is 26.3. The normalized spacial score (nSPS) is 19.6. The van der Waals surface area contributed by atoms with Crippen LogP contribution in [0, 0.1) is 0 Å². The Labute approximate surface area is 268 Å². The van der Waals surface area contributed by atoms with Crippen LogP contribution in [0.3, 0.4) is 0 Å². The molecule has 0 radical (unpaired) electrons. The molecule has 3 heterocycles. The Hall–Kier alpha value is -4.81. The number of nitrogens with zero attached hydrogens (tertiary/aromatic N) is 6. The van der Waals surface area contributed by atoms with E-state index >= 15 is 0 Å². The topological polar surface area (TPSA) is 155 Å². The molecule has 46 heavy (non-hydrogen) atoms. The Morgan fingerprint density at radius 2 is 1.65 bits per heavy atom. The fourth-order valence-corrected chi connectivity index (χ4v) is 5.96. The fourth-order valence-electron chi connectivity index (χ4n) is 5.96. The van der Waals surface area contributed by atoms with E-state index in [0.717, 1.165) is 16.8 Å². The van der Waals surface area contributed by atoms with Gasteiger partial charge in [0.1, 0.15) is 12.2 Å². The largest absolute Gasteiger partial charge is 0.388 e. The maximum Gasteiger partial charge on any atom is 0.226 e. The number of benzene rings is 2. The Morgan fingerprint density at radius 1 is 0.957 bits per heavy atom. The van der Waals surface area contributed by atoms with Crippen molar-refractivity contribution >= 4 is 28.8 Å². The number of aliphatic hydroxyl groups excluding tert-OH is 2. The van der Waals surface area contributed by atoms with Gasteiger partial charge in [0, 0.05) is 31.6 Å². The van der Waals surface area contributed by atoms with Crippen molar-refractivity contribution < 1.29 is 15.0 Å². The summed E-state index contributed by atoms with van der Waals surface area (Å²) in [7, 11) is 0. The second-order valence-electron chi connectivity index (χ2n) is 12.0. The van der Waals surface area contributed by atoms with Crippen molar-refractivity contribution in [1.29, 1.82) is 0 Å². The summed E-state index contributed by atoms with van der Waals surface area (Å²) in [6.45, 7) is 6.53. The minimum absolute atomic E-state index is 0.182. The molecule has 12 nitrogen and oxygen atoms in total. The van der Waals surface area contributed by atoms with Crippen molar-refractivity contribution in [1.82, 2.24) is 34.4 Å². The molecule has 5 aromatic rings. The third-order valence-corrected chi connectivity index (χ3v) is 8.56. The molecule has 2 aromatic carbocycles. The number of imidazole rings is 2. The summed E-state index contributed by atoms with van der Waals surface area (Å²) in [4.78, 5) is 31.1. The molecular weight excluding hydrogens is 582 g/mol. The third kappa shape index (κ3) is 6.58. The summed E-state index contributed by atoms with van der Waals surface area (Å²) in [5.74, 6) is 0.736. The first-order valence-corrected chi connectivity index (χ1v) is 15.8. The lowest BCUT2D eigenvalue weighted by Crippen LogP contribution is -2.42. The summed E-state index contributed by atoms with van der Waals surface area (Å²) >= 11 is 0. The fraction of sp³-hybridized carbons (Fsp3) is 0.382. The molecule has 1 aliphatic carbocycles. The summed E-state index contributed by atoms with van der Waals surface area (Å²) in [5, 5.41) is 31.8. The number of carbonyl (C=O) groups excluding carboxylic acids is 1. The summed E-state index contributed by atoms with van der Waals surface area (Å²) < 4.78 is 3.85. The molecule has 5 N–H and O–H groups in total. The van der Waals surface area contributed by atoms with Crippen LogP contribution >= 0.6 is 0 Å². The number of anilines is 2. The second-order valence-corrected chi connectivity index (χ2v) is 12.0. The van der Waals surface area contributed by atoms with Crippen molar-refractivity contribution in [2.45, 2.75) is 76.4 Å². The van der Waals surface area contributed by atoms with Crippen LogP contribution in [0.1, 0.15) is 68.6 Å². The lowest BCUT2D eigenvalue weighted by atomic mass is 9.99. The van der Waals surface area contributed by atoms with E-state index in [1.54, 1.807) is 17.8 Å². The molecule has 240 valence electrons. The van der Waals surface area contributed by atoms with Gasteiger partial charge < -0.3 is 35.3 Å². The predicted molar refractivity (Wildman–Crippen MR) is 176 cm³/mol. The first-order valence-electron chi connectivity index (χ1n) is 15.8. The molecule has 1 fully saturated rings. The quantitative estimate of drug-likeness (QED) is 0.139. The maximum absolute atomic E-state index is 12.1. The summed E-state index contributed by atoms with van der Waals surface area (Å²) in [6, 6.07) is 19.2. The standard InChI is InChI=1S/C34H41N9O3/c1-4-27(44)38-25-17-26(31(46)30(25)45)43-20-37-29-32(39-28(22-11-7-5-8-12-22)23-13-9-6-10-14-23)40-34(41-33(29)43)35-16-15-24-18-42(19-36-24)21(2)3/h5-14,18-21,25-26,28,30-31,45-46H,4,15-17H2,1-3H3,(H,38,44)(H2,35,39,40,41)/t25-,26+,30+,31-/m0/s1. The van der Waals surface area contributed by atoms with E-state index in [0.29, 0.717) is 48.4 Å². The molecule has 3 aromatic heterocycles. The van der Waals surface area contributed by atoms with Crippen molar-refractivity contribution in [3.63, 3.8) is 0 Å². The van der Waals surface area contributed by atoms with E-state index < -0.39 is 24.3 Å². The van der Waals surface area contributed by atoms with E-state index in [1.165, 1.54) is 0 Å². The van der Waals surface area contributed by atoms with E-state index in [9.17, 15) is 15.0 Å². The lowest BCUT2D eigenvalue weighted by molar-refractivity contribution is -0.122. The molecule has 6 rings (SSSR count). The second kappa shape index (κ2) is 13.7. The average Bonchev–Trinajstić information content (AvgIpc) is 3.79. The highest BCUT2D eigenvalue weighted by atomic mass is 16.3. The molecule has 0 unspecified atom stereocenters. The van der Waals surface area contributed by atoms with E-state index in [-0.39, 0.29) is 18.4 Å². The van der Waals surface area contributed by atoms with Crippen LogP contribution in [-0.4, -0.2) is 70.0 Å². The van der Waals surface area contributed by atoms with Gasteiger partial charge in [0.05, 0.1) is 36.5 Å². The van der Waals surface area contributed by atoms with E-state index in [2.05, 4.69) is 63.6 Å². The number of rotatable bonds is 12. The van der Waals surface area contributed by atoms with Gasteiger partial charge in [-0.05, 0) is 31.4 Å². The van der Waals surface area contributed by atoms with Crippen molar-refractivity contribution in [2.75, 3.05) is 17.2 Å². The van der Waals surface area contributed by atoms with Gasteiger partial charge in [0.25, 0.3) is 0 Å². The minimum Gasteiger partial charge on any atom is -0.388 e. The molecule has 12 heteroatoms. The van der Waals surface area contributed by atoms with Crippen molar-refractivity contribution in [3.8, 4) is 0 Å². The zero-order valence-corrected chi connectivity index (χ0v) is 26.3. The van der Waals surface area contributed by atoms with Crippen LogP contribution in [0.15, 0.2) is 79.5 Å². The number of hydrogen-bond donors (Lipinski definition) is 5. The number of nitrogens with one attached hydrogen (secondary N) is 3. The van der Waals surface area contributed by atoms with Gasteiger partial charge in [0.15, 0.2) is 17.0 Å². The van der Waals surface area contributed by atoms with Crippen molar-refractivity contribution in [2.24, 2.45) is 0 Å². The SMILES string of the molecule is CCC(=O)N[C@H]1C[C@@H](n2cnc3c(NC(c4ccccc4)c4ccccc4)nc(NCCc4cn(C(C)C)cn4)nc32)[C@H](O)[C@@H]1O. The summed E-state index contributed by atoms with van der Waals surface area (Å²) in [6.07, 6.45) is 4.54. The first-order chi connectivity index (χ1) is 22.3. The molecule has 1 aliphatic rings. The van der Waals surface area contributed by atoms with Gasteiger partial charge >= 0.3 is 0 Å². The van der Waals surface area contributed by atoms with Gasteiger partial charge in [0.2, 0.25) is 11.9 Å². The lowest BCUT2D eigenvalue weighted by Gasteiger charge is -2.22. The Balaban J connectivity index is 1.36. The van der Waals surface area contributed by atoms with Crippen LogP contribution in [0.25, 0.3) is 11.2 Å². The van der Waals surface area contributed by atoms with Crippen LogP contribution < -0.4 is 16.0 Å². The minimum atomic E-state index is -1.13. The van der Waals surface area contributed by atoms with Gasteiger partial charge in [-0.15, -0.1) is 0 Å². The number of fused-ring (bicyclic) bond motifs is 1. The monoisotopic (exact) mass is 623 g/mol. The molecule has 0 saturated heterocycles. The highest BCUT2D eigenvalue weighted by molar-refractivity contribution is 5.85. The van der Waals surface area contributed by atoms with Gasteiger partial charge in [-0.1, -0.05) is 67.6 Å². The van der Waals surface area contributed by atoms with Crippen LogP contribution in [0.2, 0.25) is 0 Å². The number of aromatic nitrogens is 6. The maximum atomic E-state index is 12.1. The average molecular weight is 624 g/mol. The highest BCUT2D eigenvalue weighted by Crippen LogP contribution is 2.36. The van der Waals surface area contributed by atoms with E-state index in [1.807, 2.05) is 48.9 Å². The molecule has 1 saturated carbocycles. The molecule has 0 aliphatic heterocycles. The molecule has 1 amide bonds. The first kappa shape index (κ1) is 31.2. The molecular formula is C34H41N9O3. The van der Waals surface area contributed by atoms with Crippen LogP contribution in [-0.2, 0) is 11.2 Å². The number of carbonyl (C=O) groups is 1.